The summed E-state index contributed by atoms with van der Waals surface area (Å²) >= 11 is 0. The molecule has 1 unspecified atom stereocenters. The van der Waals surface area contributed by atoms with E-state index in [1.807, 2.05) is 72.9 Å². The zero-order chi connectivity index (χ0) is 46.5. The lowest BCUT2D eigenvalue weighted by Crippen LogP contribution is -2.30. The van der Waals surface area contributed by atoms with Crippen molar-refractivity contribution in [1.29, 1.82) is 0 Å². The number of rotatable bonds is 42. The van der Waals surface area contributed by atoms with Crippen molar-refractivity contribution < 1.29 is 28.6 Å². The maximum Gasteiger partial charge on any atom is 0.306 e. The average Bonchev–Trinajstić information content (AvgIpc) is 3.29. The van der Waals surface area contributed by atoms with E-state index >= 15 is 0 Å². The van der Waals surface area contributed by atoms with Crippen LogP contribution >= 0.6 is 0 Å². The van der Waals surface area contributed by atoms with Crippen LogP contribution in [0.25, 0.3) is 0 Å². The molecule has 0 amide bonds. The summed E-state index contributed by atoms with van der Waals surface area (Å²) in [7, 11) is 0. The van der Waals surface area contributed by atoms with E-state index in [1.165, 1.54) is 44.9 Å². The maximum absolute atomic E-state index is 12.8. The van der Waals surface area contributed by atoms with Crippen molar-refractivity contribution >= 4 is 17.9 Å². The number of hydrogen-bond donors (Lipinski definition) is 0. The Balaban J connectivity index is 4.56. The molecule has 0 aromatic carbocycles. The summed E-state index contributed by atoms with van der Waals surface area (Å²) in [5, 5.41) is 0. The Morgan fingerprint density at radius 3 is 1.11 bits per heavy atom. The van der Waals surface area contributed by atoms with Crippen LogP contribution in [-0.2, 0) is 28.6 Å². The quantitative estimate of drug-likeness (QED) is 0.0200. The minimum absolute atomic E-state index is 0.125. The molecule has 0 N–H and O–H groups in total. The summed E-state index contributed by atoms with van der Waals surface area (Å²) in [5.74, 6) is -1.04. The van der Waals surface area contributed by atoms with Crippen LogP contribution < -0.4 is 0 Å². The van der Waals surface area contributed by atoms with Crippen molar-refractivity contribution in [3.05, 3.63) is 146 Å². The van der Waals surface area contributed by atoms with Crippen LogP contribution in [0.2, 0.25) is 0 Å². The first-order valence-electron chi connectivity index (χ1n) is 25.0. The number of esters is 3. The Hall–Kier alpha value is -4.71. The SMILES string of the molecule is CC\C=C/C=C\C=C/C=C\C=C\C=C/C=C\CCCCCC(=O)OCC(COC(=O)CCC/C=C\CCCCCC)OC(=O)CCCCCCC\C=C/C=C\C=C/C=C\CCCCC. The number of allylic oxidation sites excluding steroid dienone is 24. The van der Waals surface area contributed by atoms with E-state index < -0.39 is 6.10 Å². The minimum Gasteiger partial charge on any atom is -0.462 e. The molecule has 0 spiro atoms. The van der Waals surface area contributed by atoms with E-state index in [4.69, 9.17) is 14.2 Å². The molecule has 1 atom stereocenters. The van der Waals surface area contributed by atoms with Gasteiger partial charge >= 0.3 is 17.9 Å². The van der Waals surface area contributed by atoms with Crippen LogP contribution in [-0.4, -0.2) is 37.2 Å². The zero-order valence-corrected chi connectivity index (χ0v) is 40.5. The van der Waals surface area contributed by atoms with Crippen molar-refractivity contribution in [3.8, 4) is 0 Å². The largest absolute Gasteiger partial charge is 0.462 e. The molecule has 0 aromatic heterocycles. The van der Waals surface area contributed by atoms with Crippen LogP contribution in [0.4, 0.5) is 0 Å². The molecule has 0 aliphatic rings. The first kappa shape index (κ1) is 59.3. The Morgan fingerprint density at radius 2 is 0.641 bits per heavy atom. The summed E-state index contributed by atoms with van der Waals surface area (Å²) in [6.45, 7) is 6.30. The van der Waals surface area contributed by atoms with Gasteiger partial charge in [-0.15, -0.1) is 0 Å². The van der Waals surface area contributed by atoms with E-state index in [-0.39, 0.29) is 50.4 Å². The lowest BCUT2D eigenvalue weighted by molar-refractivity contribution is -0.167. The molecule has 6 nitrogen and oxygen atoms in total. The third-order valence-electron chi connectivity index (χ3n) is 9.84. The Labute approximate surface area is 391 Å². The number of carbonyl (C=O) groups is 3. The fraction of sp³-hybridized carbons (Fsp3) is 0.534. The van der Waals surface area contributed by atoms with Gasteiger partial charge in [-0.3, -0.25) is 14.4 Å². The number of hydrogen-bond acceptors (Lipinski definition) is 6. The molecule has 0 radical (unpaired) electrons. The highest BCUT2D eigenvalue weighted by atomic mass is 16.6. The van der Waals surface area contributed by atoms with Gasteiger partial charge in [0.1, 0.15) is 13.2 Å². The van der Waals surface area contributed by atoms with Gasteiger partial charge in [-0.1, -0.05) is 224 Å². The van der Waals surface area contributed by atoms with Gasteiger partial charge in [-0.05, 0) is 83.5 Å². The van der Waals surface area contributed by atoms with Gasteiger partial charge in [0, 0.05) is 19.3 Å². The second-order valence-corrected chi connectivity index (χ2v) is 15.9. The molecular weight excluding hydrogens is 793 g/mol. The third kappa shape index (κ3) is 48.3. The molecule has 0 aliphatic heterocycles. The molecule has 356 valence electrons. The van der Waals surface area contributed by atoms with Gasteiger partial charge in [0.2, 0.25) is 0 Å². The van der Waals surface area contributed by atoms with Crippen LogP contribution in [0.3, 0.4) is 0 Å². The van der Waals surface area contributed by atoms with E-state index in [0.29, 0.717) is 12.8 Å². The lowest BCUT2D eigenvalue weighted by atomic mass is 10.1. The normalized spacial score (nSPS) is 13.4. The van der Waals surface area contributed by atoms with Crippen LogP contribution in [0.15, 0.2) is 146 Å². The summed E-state index contributed by atoms with van der Waals surface area (Å²) < 4.78 is 16.7. The van der Waals surface area contributed by atoms with Crippen molar-refractivity contribution in [2.24, 2.45) is 0 Å². The van der Waals surface area contributed by atoms with E-state index in [9.17, 15) is 14.4 Å². The van der Waals surface area contributed by atoms with E-state index in [1.54, 1.807) is 0 Å². The average molecular weight is 881 g/mol. The molecule has 0 aromatic rings. The minimum atomic E-state index is -0.826. The molecule has 0 saturated heterocycles. The molecule has 0 rings (SSSR count). The fourth-order valence-corrected chi connectivity index (χ4v) is 6.09. The number of carbonyl (C=O) groups excluding carboxylic acids is 3. The smallest absolute Gasteiger partial charge is 0.306 e. The molecule has 0 aliphatic carbocycles. The molecule has 0 fully saturated rings. The fourth-order valence-electron chi connectivity index (χ4n) is 6.09. The van der Waals surface area contributed by atoms with Gasteiger partial charge < -0.3 is 14.2 Å². The topological polar surface area (TPSA) is 78.9 Å². The maximum atomic E-state index is 12.8. The molecule has 64 heavy (non-hydrogen) atoms. The van der Waals surface area contributed by atoms with Crippen LogP contribution in [0.5, 0.6) is 0 Å². The second kappa shape index (κ2) is 50.9. The van der Waals surface area contributed by atoms with E-state index in [0.717, 1.165) is 83.5 Å². The predicted molar refractivity (Wildman–Crippen MR) is 274 cm³/mol. The van der Waals surface area contributed by atoms with Crippen LogP contribution in [0, 0.1) is 0 Å². The van der Waals surface area contributed by atoms with Crippen molar-refractivity contribution in [2.75, 3.05) is 13.2 Å². The molecular formula is C58H88O6. The molecule has 0 saturated carbocycles. The van der Waals surface area contributed by atoms with Crippen LogP contribution in [0.1, 0.15) is 181 Å². The molecule has 0 heterocycles. The second-order valence-electron chi connectivity index (χ2n) is 15.9. The highest BCUT2D eigenvalue weighted by Crippen LogP contribution is 2.12. The monoisotopic (exact) mass is 881 g/mol. The highest BCUT2D eigenvalue weighted by molar-refractivity contribution is 5.71. The highest BCUT2D eigenvalue weighted by Gasteiger charge is 2.19. The number of unbranched alkanes of at least 4 members (excludes halogenated alkanes) is 16. The van der Waals surface area contributed by atoms with Gasteiger partial charge in [0.15, 0.2) is 6.10 Å². The summed E-state index contributed by atoms with van der Waals surface area (Å²) in [6.07, 6.45) is 72.6. The molecule has 6 heteroatoms. The summed E-state index contributed by atoms with van der Waals surface area (Å²) in [5.41, 5.74) is 0. The van der Waals surface area contributed by atoms with E-state index in [2.05, 4.69) is 93.7 Å². The van der Waals surface area contributed by atoms with Gasteiger partial charge in [-0.25, -0.2) is 0 Å². The van der Waals surface area contributed by atoms with Gasteiger partial charge in [-0.2, -0.15) is 0 Å². The summed E-state index contributed by atoms with van der Waals surface area (Å²) in [6, 6.07) is 0. The number of ether oxygens (including phenoxy) is 3. The lowest BCUT2D eigenvalue weighted by Gasteiger charge is -2.18. The van der Waals surface area contributed by atoms with Crippen molar-refractivity contribution in [1.82, 2.24) is 0 Å². The zero-order valence-electron chi connectivity index (χ0n) is 40.5. The third-order valence-corrected chi connectivity index (χ3v) is 9.84. The molecule has 0 bridgehead atoms. The van der Waals surface area contributed by atoms with Crippen molar-refractivity contribution in [3.63, 3.8) is 0 Å². The van der Waals surface area contributed by atoms with Gasteiger partial charge in [0.05, 0.1) is 0 Å². The Bertz CT molecular complexity index is 1480. The summed E-state index contributed by atoms with van der Waals surface area (Å²) in [4.78, 5) is 37.9. The first-order valence-corrected chi connectivity index (χ1v) is 25.0. The first-order chi connectivity index (χ1) is 31.5. The Kier molecular flexibility index (Phi) is 47.2. The standard InChI is InChI=1S/C58H88O6/c1-4-7-10-13-16-19-21-23-25-27-29-31-32-34-36-39-42-45-48-51-57(60)63-54-55(53-62-56(59)50-47-44-41-38-18-15-12-9-6-3)64-58(61)52-49-46-43-40-37-35-33-30-28-26-24-22-20-17-14-11-8-5-2/h7,10,13,16-17,19-34,36,38,41,55H,4-6,8-9,11-12,14-15,18,35,37,39-40,42-54H2,1-3H3/b10-7-,16-13-,20-17-,21-19-,24-22-,25-23-,28-26-,29-27+,32-31-,33-30-,36-34-,41-38-. The predicted octanol–water partition coefficient (Wildman–Crippen LogP) is 16.5. The van der Waals surface area contributed by atoms with Crippen molar-refractivity contribution in [2.45, 2.75) is 187 Å². The van der Waals surface area contributed by atoms with Gasteiger partial charge in [0.25, 0.3) is 0 Å². The Morgan fingerprint density at radius 1 is 0.328 bits per heavy atom.